The van der Waals surface area contributed by atoms with Gasteiger partial charge in [0.05, 0.1) is 7.11 Å². The van der Waals surface area contributed by atoms with E-state index in [0.717, 1.165) is 25.2 Å². The Morgan fingerprint density at radius 1 is 1.44 bits per heavy atom. The smallest absolute Gasteiger partial charge is 0.325 e. The predicted octanol–water partition coefficient (Wildman–Crippen LogP) is 1.53. The second-order valence-electron chi connectivity index (χ2n) is 6.28. The molecule has 0 spiro atoms. The summed E-state index contributed by atoms with van der Waals surface area (Å²) in [5.41, 5.74) is 5.43. The van der Waals surface area contributed by atoms with Crippen molar-refractivity contribution in [2.75, 3.05) is 13.7 Å². The highest BCUT2D eigenvalue weighted by atomic mass is 16.5. The molecule has 0 heterocycles. The van der Waals surface area contributed by atoms with E-state index in [0.29, 0.717) is 12.1 Å². The third-order valence-electron chi connectivity index (χ3n) is 4.41. The van der Waals surface area contributed by atoms with Crippen molar-refractivity contribution in [3.63, 3.8) is 0 Å². The van der Waals surface area contributed by atoms with Gasteiger partial charge in [-0.15, -0.1) is 0 Å². The maximum absolute atomic E-state index is 11.7. The van der Waals surface area contributed by atoms with Gasteiger partial charge in [-0.3, -0.25) is 9.69 Å². The first-order chi connectivity index (χ1) is 8.46. The molecule has 0 bridgehead atoms. The summed E-state index contributed by atoms with van der Waals surface area (Å²) in [5, 5.41) is 0. The Labute approximate surface area is 110 Å². The summed E-state index contributed by atoms with van der Waals surface area (Å²) in [7, 11) is 1.43. The molecule has 2 rings (SSSR count). The second kappa shape index (κ2) is 5.17. The lowest BCUT2D eigenvalue weighted by Crippen LogP contribution is -2.49. The summed E-state index contributed by atoms with van der Waals surface area (Å²) in [4.78, 5) is 14.3. The van der Waals surface area contributed by atoms with Crippen LogP contribution in [-0.4, -0.2) is 42.1 Å². The van der Waals surface area contributed by atoms with Crippen molar-refractivity contribution in [2.24, 2.45) is 11.7 Å². The zero-order chi connectivity index (χ0) is 13.3. The molecule has 2 saturated carbocycles. The topological polar surface area (TPSA) is 55.6 Å². The van der Waals surface area contributed by atoms with Gasteiger partial charge < -0.3 is 10.5 Å². The van der Waals surface area contributed by atoms with Gasteiger partial charge >= 0.3 is 5.97 Å². The van der Waals surface area contributed by atoms with Crippen LogP contribution in [0.25, 0.3) is 0 Å². The van der Waals surface area contributed by atoms with Crippen LogP contribution in [0.5, 0.6) is 0 Å². The van der Waals surface area contributed by atoms with Crippen LogP contribution in [0.15, 0.2) is 0 Å². The van der Waals surface area contributed by atoms with Crippen LogP contribution in [0.2, 0.25) is 0 Å². The fourth-order valence-electron chi connectivity index (χ4n) is 3.10. The van der Waals surface area contributed by atoms with E-state index in [-0.39, 0.29) is 5.97 Å². The average Bonchev–Trinajstić information content (AvgIpc) is 3.07. The Morgan fingerprint density at radius 2 is 2.11 bits per heavy atom. The van der Waals surface area contributed by atoms with Gasteiger partial charge in [-0.05, 0) is 51.9 Å². The van der Waals surface area contributed by atoms with Gasteiger partial charge in [0.25, 0.3) is 0 Å². The Hall–Kier alpha value is -0.610. The zero-order valence-corrected chi connectivity index (χ0v) is 11.8. The Morgan fingerprint density at radius 3 is 2.61 bits per heavy atom. The molecule has 4 nitrogen and oxygen atoms in total. The molecular weight excluding hydrogens is 228 g/mol. The van der Waals surface area contributed by atoms with E-state index >= 15 is 0 Å². The van der Waals surface area contributed by atoms with Crippen LogP contribution in [0.3, 0.4) is 0 Å². The molecule has 0 amide bonds. The standard InChI is InChI=1S/C14H26N2O2/c1-10(2)16(9-11-4-5-11)12-6-7-14(15,8-12)13(17)18-3/h10-12H,4-9,15H2,1-3H3. The molecule has 18 heavy (non-hydrogen) atoms. The molecule has 0 aromatic heterocycles. The van der Waals surface area contributed by atoms with E-state index in [1.807, 2.05) is 0 Å². The fourth-order valence-corrected chi connectivity index (χ4v) is 3.10. The minimum absolute atomic E-state index is 0.250. The van der Waals surface area contributed by atoms with Crippen molar-refractivity contribution in [2.45, 2.75) is 63.6 Å². The SMILES string of the molecule is COC(=O)C1(N)CCC(N(CC2CC2)C(C)C)C1. The molecule has 2 aliphatic rings. The van der Waals surface area contributed by atoms with Crippen molar-refractivity contribution < 1.29 is 9.53 Å². The third-order valence-corrected chi connectivity index (χ3v) is 4.41. The molecule has 2 N–H and O–H groups in total. The van der Waals surface area contributed by atoms with E-state index in [4.69, 9.17) is 10.5 Å². The summed E-state index contributed by atoms with van der Waals surface area (Å²) < 4.78 is 4.84. The molecule has 2 fully saturated rings. The van der Waals surface area contributed by atoms with Crippen molar-refractivity contribution in [3.8, 4) is 0 Å². The summed E-state index contributed by atoms with van der Waals surface area (Å²) in [6, 6.07) is 0.963. The number of carbonyl (C=O) groups excluding carboxylic acids is 1. The van der Waals surface area contributed by atoms with Gasteiger partial charge in [0.1, 0.15) is 5.54 Å². The Kier molecular flexibility index (Phi) is 3.97. The molecule has 0 aromatic carbocycles. The lowest BCUT2D eigenvalue weighted by atomic mass is 9.99. The number of carbonyl (C=O) groups is 1. The van der Waals surface area contributed by atoms with Gasteiger partial charge in [0.15, 0.2) is 0 Å². The average molecular weight is 254 g/mol. The first-order valence-corrected chi connectivity index (χ1v) is 7.09. The van der Waals surface area contributed by atoms with E-state index in [9.17, 15) is 4.79 Å². The van der Waals surface area contributed by atoms with Crippen LogP contribution in [0, 0.1) is 5.92 Å². The molecular formula is C14H26N2O2. The van der Waals surface area contributed by atoms with E-state index in [1.165, 1.54) is 26.5 Å². The maximum Gasteiger partial charge on any atom is 0.325 e. The maximum atomic E-state index is 11.7. The van der Waals surface area contributed by atoms with Crippen molar-refractivity contribution in [3.05, 3.63) is 0 Å². The summed E-state index contributed by atoms with van der Waals surface area (Å²) in [5.74, 6) is 0.624. The Bertz CT molecular complexity index is 315. The van der Waals surface area contributed by atoms with Gasteiger partial charge in [0, 0.05) is 18.6 Å². The van der Waals surface area contributed by atoms with Crippen LogP contribution in [0.4, 0.5) is 0 Å². The molecule has 2 unspecified atom stereocenters. The Balaban J connectivity index is 1.98. The lowest BCUT2D eigenvalue weighted by Gasteiger charge is -2.33. The fraction of sp³-hybridized carbons (Fsp3) is 0.929. The monoisotopic (exact) mass is 254 g/mol. The first kappa shape index (κ1) is 13.8. The number of nitrogens with two attached hydrogens (primary N) is 1. The highest BCUT2D eigenvalue weighted by Crippen LogP contribution is 2.36. The van der Waals surface area contributed by atoms with Gasteiger partial charge in [-0.25, -0.2) is 0 Å². The molecule has 2 aliphatic carbocycles. The molecule has 104 valence electrons. The highest BCUT2D eigenvalue weighted by Gasteiger charge is 2.45. The predicted molar refractivity (Wildman–Crippen MR) is 71.1 cm³/mol. The van der Waals surface area contributed by atoms with Gasteiger partial charge in [0.2, 0.25) is 0 Å². The number of esters is 1. The van der Waals surface area contributed by atoms with E-state index in [1.54, 1.807) is 0 Å². The molecule has 4 heteroatoms. The van der Waals surface area contributed by atoms with E-state index < -0.39 is 5.54 Å². The molecule has 0 radical (unpaired) electrons. The zero-order valence-electron chi connectivity index (χ0n) is 11.8. The van der Waals surface area contributed by atoms with Crippen LogP contribution >= 0.6 is 0 Å². The molecule has 0 saturated heterocycles. The summed E-state index contributed by atoms with van der Waals surface area (Å²) in [6.07, 6.45) is 5.22. The third kappa shape index (κ3) is 2.86. The number of nitrogens with zero attached hydrogens (tertiary/aromatic N) is 1. The second-order valence-corrected chi connectivity index (χ2v) is 6.28. The largest absolute Gasteiger partial charge is 0.468 e. The van der Waals surface area contributed by atoms with Crippen LogP contribution in [-0.2, 0) is 9.53 Å². The normalized spacial score (nSPS) is 32.2. The summed E-state index contributed by atoms with van der Waals surface area (Å²) in [6.45, 7) is 5.63. The minimum atomic E-state index is -0.754. The van der Waals surface area contributed by atoms with Crippen LogP contribution in [0.1, 0.15) is 46.0 Å². The quantitative estimate of drug-likeness (QED) is 0.756. The molecule has 0 aromatic rings. The van der Waals surface area contributed by atoms with Crippen molar-refractivity contribution in [1.82, 2.24) is 4.90 Å². The van der Waals surface area contributed by atoms with Crippen LogP contribution < -0.4 is 5.73 Å². The number of methoxy groups -OCH3 is 1. The van der Waals surface area contributed by atoms with E-state index in [2.05, 4.69) is 18.7 Å². The van der Waals surface area contributed by atoms with Crippen molar-refractivity contribution in [1.29, 1.82) is 0 Å². The number of hydrogen-bond donors (Lipinski definition) is 1. The number of hydrogen-bond acceptors (Lipinski definition) is 4. The lowest BCUT2D eigenvalue weighted by molar-refractivity contribution is -0.147. The number of ether oxygens (including phenoxy) is 1. The highest BCUT2D eigenvalue weighted by molar-refractivity contribution is 5.81. The van der Waals surface area contributed by atoms with Crippen molar-refractivity contribution >= 4 is 5.97 Å². The molecule has 0 aliphatic heterocycles. The molecule has 2 atom stereocenters. The minimum Gasteiger partial charge on any atom is -0.468 e. The number of rotatable bonds is 5. The van der Waals surface area contributed by atoms with Gasteiger partial charge in [-0.1, -0.05) is 0 Å². The summed E-state index contributed by atoms with van der Waals surface area (Å²) >= 11 is 0. The van der Waals surface area contributed by atoms with Gasteiger partial charge in [-0.2, -0.15) is 0 Å². The first-order valence-electron chi connectivity index (χ1n) is 7.09.